The zero-order valence-electron chi connectivity index (χ0n) is 12.2. The predicted molar refractivity (Wildman–Crippen MR) is 82.2 cm³/mol. The molecule has 2 aromatic carbocycles. The second-order valence-electron chi connectivity index (χ2n) is 4.74. The molecule has 0 aliphatic rings. The van der Waals surface area contributed by atoms with Crippen molar-refractivity contribution in [2.75, 3.05) is 19.5 Å². The van der Waals surface area contributed by atoms with Crippen molar-refractivity contribution < 1.29 is 9.47 Å². The van der Waals surface area contributed by atoms with Gasteiger partial charge in [-0.3, -0.25) is 0 Å². The van der Waals surface area contributed by atoms with Crippen LogP contribution in [0, 0.1) is 0 Å². The molecule has 0 bridgehead atoms. The molecular weight excluding hydrogens is 250 g/mol. The van der Waals surface area contributed by atoms with Crippen LogP contribution in [0.15, 0.2) is 48.5 Å². The van der Waals surface area contributed by atoms with Crippen LogP contribution in [0.25, 0.3) is 0 Å². The average molecular weight is 271 g/mol. The van der Waals surface area contributed by atoms with E-state index in [1.54, 1.807) is 14.2 Å². The summed E-state index contributed by atoms with van der Waals surface area (Å²) in [5.41, 5.74) is 3.38. The molecule has 3 nitrogen and oxygen atoms in total. The SMILES string of the molecule is COCc1cccc(NC(C)c2ccccc2OC)c1. The van der Waals surface area contributed by atoms with Crippen molar-refractivity contribution in [2.45, 2.75) is 19.6 Å². The van der Waals surface area contributed by atoms with Gasteiger partial charge in [0.2, 0.25) is 0 Å². The van der Waals surface area contributed by atoms with Gasteiger partial charge in [-0.15, -0.1) is 0 Å². The molecule has 0 fully saturated rings. The summed E-state index contributed by atoms with van der Waals surface area (Å²) < 4.78 is 10.6. The molecule has 0 radical (unpaired) electrons. The average Bonchev–Trinajstić information content (AvgIpc) is 2.48. The van der Waals surface area contributed by atoms with E-state index in [1.807, 2.05) is 24.3 Å². The normalized spacial score (nSPS) is 11.9. The van der Waals surface area contributed by atoms with Gasteiger partial charge < -0.3 is 14.8 Å². The van der Waals surface area contributed by atoms with E-state index in [-0.39, 0.29) is 6.04 Å². The van der Waals surface area contributed by atoms with Gasteiger partial charge in [0.05, 0.1) is 19.8 Å². The molecule has 0 aliphatic carbocycles. The minimum absolute atomic E-state index is 0.170. The molecule has 3 heteroatoms. The zero-order valence-corrected chi connectivity index (χ0v) is 12.2. The third-order valence-corrected chi connectivity index (χ3v) is 3.23. The van der Waals surface area contributed by atoms with Gasteiger partial charge in [-0.25, -0.2) is 0 Å². The molecule has 0 heterocycles. The van der Waals surface area contributed by atoms with Crippen molar-refractivity contribution in [1.82, 2.24) is 0 Å². The lowest BCUT2D eigenvalue weighted by atomic mass is 10.1. The third-order valence-electron chi connectivity index (χ3n) is 3.23. The van der Waals surface area contributed by atoms with Gasteiger partial charge in [-0.05, 0) is 30.7 Å². The third kappa shape index (κ3) is 3.52. The maximum Gasteiger partial charge on any atom is 0.124 e. The number of benzene rings is 2. The monoisotopic (exact) mass is 271 g/mol. The topological polar surface area (TPSA) is 30.5 Å². The number of hydrogen-bond acceptors (Lipinski definition) is 3. The van der Waals surface area contributed by atoms with Gasteiger partial charge in [-0.2, -0.15) is 0 Å². The zero-order chi connectivity index (χ0) is 14.4. The van der Waals surface area contributed by atoms with Crippen molar-refractivity contribution in [3.05, 3.63) is 59.7 Å². The Morgan fingerprint density at radius 2 is 1.85 bits per heavy atom. The number of ether oxygens (including phenoxy) is 2. The maximum absolute atomic E-state index is 5.41. The first-order valence-electron chi connectivity index (χ1n) is 6.72. The highest BCUT2D eigenvalue weighted by Crippen LogP contribution is 2.27. The molecule has 1 unspecified atom stereocenters. The molecule has 0 spiro atoms. The van der Waals surface area contributed by atoms with Crippen molar-refractivity contribution in [2.24, 2.45) is 0 Å². The van der Waals surface area contributed by atoms with Crippen LogP contribution in [0.5, 0.6) is 5.75 Å². The van der Waals surface area contributed by atoms with E-state index in [1.165, 1.54) is 0 Å². The lowest BCUT2D eigenvalue weighted by Crippen LogP contribution is -2.08. The Labute approximate surface area is 120 Å². The predicted octanol–water partition coefficient (Wildman–Crippen LogP) is 4.01. The Morgan fingerprint density at radius 3 is 2.60 bits per heavy atom. The van der Waals surface area contributed by atoms with E-state index < -0.39 is 0 Å². The van der Waals surface area contributed by atoms with Crippen molar-refractivity contribution in [1.29, 1.82) is 0 Å². The summed E-state index contributed by atoms with van der Waals surface area (Å²) in [4.78, 5) is 0. The highest BCUT2D eigenvalue weighted by atomic mass is 16.5. The Morgan fingerprint density at radius 1 is 1.05 bits per heavy atom. The molecule has 0 aromatic heterocycles. The first-order valence-corrected chi connectivity index (χ1v) is 6.72. The van der Waals surface area contributed by atoms with Crippen LogP contribution in [0.3, 0.4) is 0 Å². The molecule has 0 saturated heterocycles. The molecule has 20 heavy (non-hydrogen) atoms. The van der Waals surface area contributed by atoms with Crippen LogP contribution >= 0.6 is 0 Å². The van der Waals surface area contributed by atoms with Crippen LogP contribution in [-0.2, 0) is 11.3 Å². The fourth-order valence-corrected chi connectivity index (χ4v) is 2.27. The Hall–Kier alpha value is -2.00. The van der Waals surface area contributed by atoms with Gasteiger partial charge in [0, 0.05) is 18.4 Å². The van der Waals surface area contributed by atoms with E-state index >= 15 is 0 Å². The highest BCUT2D eigenvalue weighted by molar-refractivity contribution is 5.49. The number of nitrogens with one attached hydrogen (secondary N) is 1. The molecule has 2 rings (SSSR count). The summed E-state index contributed by atoms with van der Waals surface area (Å²) in [6, 6.07) is 16.5. The summed E-state index contributed by atoms with van der Waals surface area (Å²) in [5.74, 6) is 0.903. The van der Waals surface area contributed by atoms with E-state index in [0.717, 1.165) is 22.6 Å². The number of methoxy groups -OCH3 is 2. The lowest BCUT2D eigenvalue weighted by Gasteiger charge is -2.18. The van der Waals surface area contributed by atoms with Gasteiger partial charge in [0.15, 0.2) is 0 Å². The fraction of sp³-hybridized carbons (Fsp3) is 0.294. The molecule has 0 aliphatic heterocycles. The second kappa shape index (κ2) is 6.96. The van der Waals surface area contributed by atoms with Gasteiger partial charge >= 0.3 is 0 Å². The van der Waals surface area contributed by atoms with E-state index in [0.29, 0.717) is 6.61 Å². The van der Waals surface area contributed by atoms with Crippen LogP contribution in [0.2, 0.25) is 0 Å². The molecule has 0 amide bonds. The minimum atomic E-state index is 0.170. The number of hydrogen-bond donors (Lipinski definition) is 1. The number of rotatable bonds is 6. The van der Waals surface area contributed by atoms with Gasteiger partial charge in [0.25, 0.3) is 0 Å². The smallest absolute Gasteiger partial charge is 0.124 e. The molecule has 1 atom stereocenters. The van der Waals surface area contributed by atoms with Crippen LogP contribution in [0.1, 0.15) is 24.1 Å². The summed E-state index contributed by atoms with van der Waals surface area (Å²) in [6.07, 6.45) is 0. The quantitative estimate of drug-likeness (QED) is 0.861. The van der Waals surface area contributed by atoms with Crippen molar-refractivity contribution in [3.63, 3.8) is 0 Å². The molecule has 0 saturated carbocycles. The molecule has 1 N–H and O–H groups in total. The molecular formula is C17H21NO2. The summed E-state index contributed by atoms with van der Waals surface area (Å²) in [5, 5.41) is 3.50. The fourth-order valence-electron chi connectivity index (χ4n) is 2.27. The van der Waals surface area contributed by atoms with E-state index in [9.17, 15) is 0 Å². The summed E-state index contributed by atoms with van der Waals surface area (Å²) in [7, 11) is 3.41. The standard InChI is InChI=1S/C17H21NO2/c1-13(16-9-4-5-10-17(16)20-3)18-15-8-6-7-14(11-15)12-19-2/h4-11,13,18H,12H2,1-3H3. The Kier molecular flexibility index (Phi) is 5.02. The van der Waals surface area contributed by atoms with Crippen LogP contribution in [0.4, 0.5) is 5.69 Å². The van der Waals surface area contributed by atoms with Crippen LogP contribution in [-0.4, -0.2) is 14.2 Å². The first-order chi connectivity index (χ1) is 9.74. The largest absolute Gasteiger partial charge is 0.496 e. The van der Waals surface area contributed by atoms with Crippen LogP contribution < -0.4 is 10.1 Å². The number of para-hydroxylation sites is 1. The summed E-state index contributed by atoms with van der Waals surface area (Å²) >= 11 is 0. The highest BCUT2D eigenvalue weighted by Gasteiger charge is 2.10. The Bertz CT molecular complexity index is 554. The van der Waals surface area contributed by atoms with Crippen molar-refractivity contribution in [3.8, 4) is 5.75 Å². The summed E-state index contributed by atoms with van der Waals surface area (Å²) in [6.45, 7) is 2.75. The Balaban J connectivity index is 2.14. The second-order valence-corrected chi connectivity index (χ2v) is 4.74. The molecule has 2 aromatic rings. The first kappa shape index (κ1) is 14.4. The lowest BCUT2D eigenvalue weighted by molar-refractivity contribution is 0.185. The van der Waals surface area contributed by atoms with Crippen molar-refractivity contribution >= 4 is 5.69 Å². The van der Waals surface area contributed by atoms with E-state index in [2.05, 4.69) is 36.5 Å². The van der Waals surface area contributed by atoms with E-state index in [4.69, 9.17) is 9.47 Å². The van der Waals surface area contributed by atoms with Gasteiger partial charge in [-0.1, -0.05) is 30.3 Å². The van der Waals surface area contributed by atoms with Gasteiger partial charge in [0.1, 0.15) is 5.75 Å². The number of anilines is 1. The minimum Gasteiger partial charge on any atom is -0.496 e. The maximum atomic E-state index is 5.41. The molecule has 106 valence electrons.